The summed E-state index contributed by atoms with van der Waals surface area (Å²) >= 11 is 5.80. The summed E-state index contributed by atoms with van der Waals surface area (Å²) in [5.74, 6) is -1.65. The van der Waals surface area contributed by atoms with Crippen molar-refractivity contribution in [2.24, 2.45) is 0 Å². The van der Waals surface area contributed by atoms with E-state index in [9.17, 15) is 14.0 Å². The van der Waals surface area contributed by atoms with Crippen LogP contribution in [0.4, 0.5) is 4.39 Å². The molecule has 2 amide bonds. The summed E-state index contributed by atoms with van der Waals surface area (Å²) in [5, 5.41) is 0.669. The van der Waals surface area contributed by atoms with E-state index in [2.05, 4.69) is 10.9 Å². The van der Waals surface area contributed by atoms with Crippen molar-refractivity contribution in [2.75, 3.05) is 0 Å². The first-order valence-electron chi connectivity index (χ1n) is 7.14. The average Bonchev–Trinajstić information content (AvgIpc) is 2.55. The second-order valence-electron chi connectivity index (χ2n) is 4.96. The van der Waals surface area contributed by atoms with Gasteiger partial charge in [0.15, 0.2) is 0 Å². The van der Waals surface area contributed by atoms with Crippen molar-refractivity contribution < 1.29 is 14.0 Å². The van der Waals surface area contributed by atoms with Gasteiger partial charge in [-0.3, -0.25) is 20.4 Å². The molecule has 2 aromatic rings. The lowest BCUT2D eigenvalue weighted by atomic mass is 10.1. The molecule has 0 aliphatic rings. The van der Waals surface area contributed by atoms with E-state index in [1.807, 2.05) is 12.1 Å². The number of carbonyl (C=O) groups is 2. The van der Waals surface area contributed by atoms with E-state index in [4.69, 9.17) is 11.6 Å². The van der Waals surface area contributed by atoms with Crippen LogP contribution in [0.1, 0.15) is 28.8 Å². The summed E-state index contributed by atoms with van der Waals surface area (Å²) < 4.78 is 13.4. The minimum absolute atomic E-state index is 0.117. The number of rotatable bonds is 5. The van der Waals surface area contributed by atoms with E-state index in [1.54, 1.807) is 18.2 Å². The molecule has 0 heterocycles. The Hall–Kier alpha value is -2.40. The highest BCUT2D eigenvalue weighted by Crippen LogP contribution is 2.11. The molecule has 120 valence electrons. The molecule has 6 heteroatoms. The van der Waals surface area contributed by atoms with Crippen LogP contribution >= 0.6 is 11.6 Å². The van der Waals surface area contributed by atoms with Gasteiger partial charge >= 0.3 is 0 Å². The predicted octanol–water partition coefficient (Wildman–Crippen LogP) is 3.26. The topological polar surface area (TPSA) is 58.2 Å². The van der Waals surface area contributed by atoms with Crippen LogP contribution in [-0.2, 0) is 11.2 Å². The van der Waals surface area contributed by atoms with Crippen LogP contribution in [0.5, 0.6) is 0 Å². The summed E-state index contributed by atoms with van der Waals surface area (Å²) in [4.78, 5) is 23.4. The zero-order chi connectivity index (χ0) is 16.7. The maximum Gasteiger partial charge on any atom is 0.272 e. The van der Waals surface area contributed by atoms with Crippen molar-refractivity contribution in [1.29, 1.82) is 0 Å². The van der Waals surface area contributed by atoms with Gasteiger partial charge in [-0.2, -0.15) is 0 Å². The van der Waals surface area contributed by atoms with E-state index in [-0.39, 0.29) is 17.9 Å². The molecule has 0 bridgehead atoms. The molecule has 0 unspecified atom stereocenters. The van der Waals surface area contributed by atoms with Crippen LogP contribution in [0.3, 0.4) is 0 Å². The standard InChI is InChI=1S/C17H16ClFN2O2/c18-13-10-8-12(9-11-13)4-3-7-16(22)20-21-17(23)14-5-1-2-6-15(14)19/h1-2,5-6,8-11H,3-4,7H2,(H,20,22)(H,21,23). The highest BCUT2D eigenvalue weighted by Gasteiger charge is 2.11. The van der Waals surface area contributed by atoms with Crippen molar-refractivity contribution in [3.05, 3.63) is 70.5 Å². The molecule has 0 spiro atoms. The number of halogens is 2. The summed E-state index contributed by atoms with van der Waals surface area (Å²) in [5.41, 5.74) is 5.44. The number of carbonyl (C=O) groups excluding carboxylic acids is 2. The Kier molecular flexibility index (Phi) is 6.11. The Bertz CT molecular complexity index is 689. The molecule has 0 aliphatic heterocycles. The number of aryl methyl sites for hydroxylation is 1. The zero-order valence-corrected chi connectivity index (χ0v) is 13.1. The summed E-state index contributed by atoms with van der Waals surface area (Å²) in [6.07, 6.45) is 1.61. The number of hydrogen-bond donors (Lipinski definition) is 2. The Morgan fingerprint density at radius 3 is 2.39 bits per heavy atom. The van der Waals surface area contributed by atoms with E-state index in [1.165, 1.54) is 18.2 Å². The molecule has 2 aromatic carbocycles. The van der Waals surface area contributed by atoms with Gasteiger partial charge in [0.1, 0.15) is 5.82 Å². The highest BCUT2D eigenvalue weighted by molar-refractivity contribution is 6.30. The number of hydrazine groups is 1. The number of hydrogen-bond acceptors (Lipinski definition) is 2. The lowest BCUT2D eigenvalue weighted by Crippen LogP contribution is -2.41. The Labute approximate surface area is 138 Å². The van der Waals surface area contributed by atoms with Gasteiger partial charge in [0.05, 0.1) is 5.56 Å². The fourth-order valence-corrected chi connectivity index (χ4v) is 2.13. The fourth-order valence-electron chi connectivity index (χ4n) is 2.01. The van der Waals surface area contributed by atoms with Gasteiger partial charge in [-0.1, -0.05) is 35.9 Å². The van der Waals surface area contributed by atoms with Crippen molar-refractivity contribution in [3.63, 3.8) is 0 Å². The van der Waals surface area contributed by atoms with Gasteiger partial charge < -0.3 is 0 Å². The quantitative estimate of drug-likeness (QED) is 0.824. The van der Waals surface area contributed by atoms with Crippen molar-refractivity contribution >= 4 is 23.4 Å². The van der Waals surface area contributed by atoms with Crippen LogP contribution in [0.2, 0.25) is 5.02 Å². The first kappa shape index (κ1) is 17.0. The number of benzene rings is 2. The third kappa shape index (κ3) is 5.38. The molecule has 0 radical (unpaired) electrons. The molecule has 4 nitrogen and oxygen atoms in total. The largest absolute Gasteiger partial charge is 0.273 e. The maximum absolute atomic E-state index is 13.4. The summed E-state index contributed by atoms with van der Waals surface area (Å²) in [6.45, 7) is 0. The Balaban J connectivity index is 1.72. The molecular formula is C17H16ClFN2O2. The minimum Gasteiger partial charge on any atom is -0.273 e. The second kappa shape index (κ2) is 8.29. The van der Waals surface area contributed by atoms with Crippen LogP contribution in [0.25, 0.3) is 0 Å². The van der Waals surface area contributed by atoms with E-state index in [0.29, 0.717) is 11.4 Å². The molecule has 0 aliphatic carbocycles. The van der Waals surface area contributed by atoms with E-state index in [0.717, 1.165) is 12.0 Å². The summed E-state index contributed by atoms with van der Waals surface area (Å²) in [7, 11) is 0. The van der Waals surface area contributed by atoms with Crippen LogP contribution in [0.15, 0.2) is 48.5 Å². The molecule has 2 N–H and O–H groups in total. The lowest BCUT2D eigenvalue weighted by Gasteiger charge is -2.08. The van der Waals surface area contributed by atoms with Crippen LogP contribution in [-0.4, -0.2) is 11.8 Å². The third-order valence-electron chi connectivity index (χ3n) is 3.22. The Morgan fingerprint density at radius 2 is 1.70 bits per heavy atom. The molecule has 23 heavy (non-hydrogen) atoms. The minimum atomic E-state index is -0.686. The predicted molar refractivity (Wildman–Crippen MR) is 86.4 cm³/mol. The molecule has 0 saturated carbocycles. The number of amides is 2. The lowest BCUT2D eigenvalue weighted by molar-refractivity contribution is -0.121. The molecule has 2 rings (SSSR count). The molecule has 0 atom stereocenters. The van der Waals surface area contributed by atoms with Crippen molar-refractivity contribution in [2.45, 2.75) is 19.3 Å². The third-order valence-corrected chi connectivity index (χ3v) is 3.47. The van der Waals surface area contributed by atoms with Crippen molar-refractivity contribution in [1.82, 2.24) is 10.9 Å². The van der Waals surface area contributed by atoms with Gasteiger partial charge in [-0.25, -0.2) is 4.39 Å². The SMILES string of the molecule is O=C(CCCc1ccc(Cl)cc1)NNC(=O)c1ccccc1F. The monoisotopic (exact) mass is 334 g/mol. The van der Waals surface area contributed by atoms with Gasteiger partial charge in [0.25, 0.3) is 5.91 Å². The second-order valence-corrected chi connectivity index (χ2v) is 5.40. The molecule has 0 fully saturated rings. The first-order chi connectivity index (χ1) is 11.1. The van der Waals surface area contributed by atoms with Crippen LogP contribution < -0.4 is 10.9 Å². The molecule has 0 aromatic heterocycles. The Morgan fingerprint density at radius 1 is 1.00 bits per heavy atom. The van der Waals surface area contributed by atoms with Crippen molar-refractivity contribution in [3.8, 4) is 0 Å². The number of nitrogens with one attached hydrogen (secondary N) is 2. The van der Waals surface area contributed by atoms with E-state index >= 15 is 0 Å². The maximum atomic E-state index is 13.4. The van der Waals surface area contributed by atoms with Gasteiger partial charge in [0, 0.05) is 11.4 Å². The van der Waals surface area contributed by atoms with Crippen LogP contribution in [0, 0.1) is 5.82 Å². The van der Waals surface area contributed by atoms with Gasteiger partial charge in [-0.15, -0.1) is 0 Å². The first-order valence-corrected chi connectivity index (χ1v) is 7.52. The fraction of sp³-hybridized carbons (Fsp3) is 0.176. The van der Waals surface area contributed by atoms with E-state index < -0.39 is 11.7 Å². The smallest absolute Gasteiger partial charge is 0.272 e. The zero-order valence-electron chi connectivity index (χ0n) is 12.3. The van der Waals surface area contributed by atoms with Gasteiger partial charge in [-0.05, 0) is 42.7 Å². The summed E-state index contributed by atoms with van der Waals surface area (Å²) in [6, 6.07) is 13.0. The average molecular weight is 335 g/mol. The normalized spacial score (nSPS) is 10.2. The molecular weight excluding hydrogens is 319 g/mol. The molecule has 0 saturated heterocycles. The van der Waals surface area contributed by atoms with Gasteiger partial charge in [0.2, 0.25) is 5.91 Å². The highest BCUT2D eigenvalue weighted by atomic mass is 35.5.